The molecular weight excluding hydrogens is 442 g/mol. The summed E-state index contributed by atoms with van der Waals surface area (Å²) in [4.78, 5) is 41.5. The summed E-state index contributed by atoms with van der Waals surface area (Å²) in [5.74, 6) is -6.06. The number of phenols is 1. The molecule has 0 spiro atoms. The number of ketones is 2. The van der Waals surface area contributed by atoms with E-state index < -0.39 is 70.0 Å². The number of carbonyl (C=O) groups excluding carboxylic acids is 3. The number of aliphatic hydroxyl groups excluding tert-OH is 2. The van der Waals surface area contributed by atoms with Crippen molar-refractivity contribution < 1.29 is 34.4 Å². The predicted molar refractivity (Wildman–Crippen MR) is 122 cm³/mol. The number of primary amides is 1. The van der Waals surface area contributed by atoms with Gasteiger partial charge >= 0.3 is 0 Å². The molecule has 1 aromatic carbocycles. The molecule has 182 valence electrons. The van der Waals surface area contributed by atoms with E-state index in [0.29, 0.717) is 5.56 Å². The van der Waals surface area contributed by atoms with Crippen LogP contribution >= 0.6 is 0 Å². The minimum absolute atomic E-state index is 0.0545. The van der Waals surface area contributed by atoms with Crippen molar-refractivity contribution in [1.82, 2.24) is 10.2 Å². The lowest BCUT2D eigenvalue weighted by Gasteiger charge is -2.56. The van der Waals surface area contributed by atoms with Crippen LogP contribution in [0.15, 0.2) is 35.1 Å². The summed E-state index contributed by atoms with van der Waals surface area (Å²) in [7, 11) is 6.11. The first-order valence-electron chi connectivity index (χ1n) is 10.9. The third-order valence-corrected chi connectivity index (χ3v) is 7.67. The summed E-state index contributed by atoms with van der Waals surface area (Å²) in [6.45, 7) is 1.85. The van der Waals surface area contributed by atoms with Crippen molar-refractivity contribution >= 4 is 23.2 Å². The van der Waals surface area contributed by atoms with Crippen molar-refractivity contribution in [3.63, 3.8) is 0 Å². The van der Waals surface area contributed by atoms with E-state index >= 15 is 0 Å². The van der Waals surface area contributed by atoms with E-state index in [1.165, 1.54) is 20.2 Å². The van der Waals surface area contributed by atoms with Crippen LogP contribution in [0.3, 0.4) is 0 Å². The predicted octanol–water partition coefficient (Wildman–Crippen LogP) is 0.377. The highest BCUT2D eigenvalue weighted by Crippen LogP contribution is 2.56. The van der Waals surface area contributed by atoms with E-state index in [1.807, 2.05) is 6.92 Å². The van der Waals surface area contributed by atoms with Gasteiger partial charge in [0.25, 0.3) is 5.91 Å². The third kappa shape index (κ3) is 2.76. The van der Waals surface area contributed by atoms with E-state index in [0.717, 1.165) is 0 Å². The molecule has 1 saturated carbocycles. The number of benzene rings is 1. The number of aromatic hydroxyl groups is 1. The van der Waals surface area contributed by atoms with Crippen molar-refractivity contribution in [2.24, 2.45) is 17.6 Å². The van der Waals surface area contributed by atoms with Gasteiger partial charge < -0.3 is 31.1 Å². The molecule has 6 atom stereocenters. The smallest absolute Gasteiger partial charge is 0.255 e. The lowest BCUT2D eigenvalue weighted by Crippen LogP contribution is -2.74. The Morgan fingerprint density at radius 1 is 1.21 bits per heavy atom. The Bertz CT molecular complexity index is 1170. The molecule has 0 aliphatic heterocycles. The normalized spacial score (nSPS) is 33.1. The molecule has 3 aliphatic rings. The van der Waals surface area contributed by atoms with Gasteiger partial charge in [-0.1, -0.05) is 19.1 Å². The summed E-state index contributed by atoms with van der Waals surface area (Å²) >= 11 is 0. The number of fused-ring (bicyclic) bond motifs is 3. The Morgan fingerprint density at radius 3 is 2.38 bits per heavy atom. The number of nitrogens with one attached hydrogen (secondary N) is 1. The number of carbonyl (C=O) groups is 3. The zero-order chi connectivity index (χ0) is 25.3. The van der Waals surface area contributed by atoms with Crippen LogP contribution in [0.1, 0.15) is 24.0 Å². The van der Waals surface area contributed by atoms with Crippen molar-refractivity contribution in [2.45, 2.75) is 30.5 Å². The van der Waals surface area contributed by atoms with E-state index in [4.69, 9.17) is 10.5 Å². The van der Waals surface area contributed by atoms with Gasteiger partial charge in [-0.25, -0.2) is 0 Å². The Labute approximate surface area is 196 Å². The summed E-state index contributed by atoms with van der Waals surface area (Å²) in [5, 5.41) is 35.9. The number of methoxy groups -OCH3 is 1. The number of amides is 1. The maximum absolute atomic E-state index is 14.2. The monoisotopic (exact) mass is 471 g/mol. The van der Waals surface area contributed by atoms with Crippen LogP contribution in [0, 0.1) is 11.8 Å². The lowest BCUT2D eigenvalue weighted by molar-refractivity contribution is -0.147. The number of hydrogen-bond donors (Lipinski definition) is 5. The molecule has 0 radical (unpaired) electrons. The topological polar surface area (TPSA) is 162 Å². The van der Waals surface area contributed by atoms with Gasteiger partial charge in [-0.3, -0.25) is 19.3 Å². The Hall–Kier alpha value is -3.21. The number of likely N-dealkylation sites (N-methyl/N-ethyl adjacent to an activating group) is 2. The largest absolute Gasteiger partial charge is 0.509 e. The molecule has 10 nitrogen and oxygen atoms in total. The molecule has 0 saturated heterocycles. The SMILES string of the molecule is CN[C@]12C(=O)C3=C(O)c4c(O)cccc4[C@H](C)[C@H]3[C@@H](OC)[C@@H]1[C@H](N(C)C)C(=O)C(C(N)=O)=C2O. The van der Waals surface area contributed by atoms with Gasteiger partial charge in [-0.15, -0.1) is 0 Å². The molecule has 1 amide bonds. The first-order valence-corrected chi connectivity index (χ1v) is 10.9. The van der Waals surface area contributed by atoms with Gasteiger partial charge in [0.2, 0.25) is 0 Å². The molecule has 6 N–H and O–H groups in total. The number of aliphatic hydroxyl groups is 2. The average molecular weight is 472 g/mol. The second kappa shape index (κ2) is 7.93. The van der Waals surface area contributed by atoms with Gasteiger partial charge in [0.15, 0.2) is 11.6 Å². The Balaban J connectivity index is 2.13. The fourth-order valence-electron chi connectivity index (χ4n) is 6.26. The number of Topliss-reactive ketones (excluding diaryl/α,β-unsaturated/α-hetero) is 2. The maximum Gasteiger partial charge on any atom is 0.255 e. The molecule has 1 aromatic rings. The van der Waals surface area contributed by atoms with Crippen LogP contribution in [0.4, 0.5) is 0 Å². The number of rotatable bonds is 4. The Morgan fingerprint density at radius 2 is 1.85 bits per heavy atom. The summed E-state index contributed by atoms with van der Waals surface area (Å²) < 4.78 is 5.91. The van der Waals surface area contributed by atoms with Gasteiger partial charge in [0.05, 0.1) is 17.7 Å². The summed E-state index contributed by atoms with van der Waals surface area (Å²) in [5.41, 5.74) is 3.51. The van der Waals surface area contributed by atoms with E-state index in [9.17, 15) is 29.7 Å². The zero-order valence-corrected chi connectivity index (χ0v) is 19.6. The van der Waals surface area contributed by atoms with E-state index in [2.05, 4.69) is 5.32 Å². The van der Waals surface area contributed by atoms with Crippen LogP contribution in [0.2, 0.25) is 0 Å². The quantitative estimate of drug-likeness (QED) is 0.391. The number of nitrogens with two attached hydrogens (primary N) is 1. The minimum atomic E-state index is -1.98. The fourth-order valence-corrected chi connectivity index (χ4v) is 6.26. The first kappa shape index (κ1) is 23.9. The van der Waals surface area contributed by atoms with Gasteiger partial charge in [-0.2, -0.15) is 0 Å². The van der Waals surface area contributed by atoms with Gasteiger partial charge in [-0.05, 0) is 38.7 Å². The summed E-state index contributed by atoms with van der Waals surface area (Å²) in [6, 6.07) is 3.76. The Kier molecular flexibility index (Phi) is 5.58. The number of ether oxygens (including phenoxy) is 1. The molecule has 1 fully saturated rings. The van der Waals surface area contributed by atoms with Crippen LogP contribution in [-0.2, 0) is 19.1 Å². The van der Waals surface area contributed by atoms with Crippen LogP contribution in [0.5, 0.6) is 5.75 Å². The molecule has 3 aliphatic carbocycles. The molecule has 0 unspecified atom stereocenters. The van der Waals surface area contributed by atoms with Crippen LogP contribution in [-0.4, -0.2) is 83.6 Å². The summed E-state index contributed by atoms with van der Waals surface area (Å²) in [6.07, 6.45) is -0.847. The minimum Gasteiger partial charge on any atom is -0.509 e. The van der Waals surface area contributed by atoms with E-state index in [-0.39, 0.29) is 16.9 Å². The van der Waals surface area contributed by atoms with Gasteiger partial charge in [0, 0.05) is 24.5 Å². The van der Waals surface area contributed by atoms with Crippen LogP contribution in [0.25, 0.3) is 5.76 Å². The average Bonchev–Trinajstić information content (AvgIpc) is 2.76. The molecule has 4 rings (SSSR count). The van der Waals surface area contributed by atoms with Crippen LogP contribution < -0.4 is 11.1 Å². The lowest BCUT2D eigenvalue weighted by atomic mass is 9.53. The third-order valence-electron chi connectivity index (χ3n) is 7.67. The number of hydrogen-bond acceptors (Lipinski definition) is 9. The molecular formula is C24H29N3O7. The molecule has 10 heteroatoms. The highest BCUT2D eigenvalue weighted by molar-refractivity contribution is 6.25. The van der Waals surface area contributed by atoms with Crippen molar-refractivity contribution in [3.8, 4) is 5.75 Å². The highest BCUT2D eigenvalue weighted by atomic mass is 16.5. The molecule has 0 bridgehead atoms. The van der Waals surface area contributed by atoms with E-state index in [1.54, 1.807) is 31.1 Å². The van der Waals surface area contributed by atoms with Gasteiger partial charge in [0.1, 0.15) is 28.4 Å². The standard InChI is InChI=1S/C24H29N3O7/c1-9-10-7-6-8-11(28)13(10)18(29)14-12(9)20(34-5)16-17(27(3)4)19(30)15(23(25)33)22(32)24(16,26-2)21(14)31/h6-9,12,16-17,20,26,28-29,32H,1-5H3,(H2,25,33)/t9-,12+,16-,17-,20+,24-/m0/s1. The second-order valence-electron chi connectivity index (χ2n) is 9.29. The fraction of sp³-hybridized carbons (Fsp3) is 0.458. The van der Waals surface area contributed by atoms with Crippen molar-refractivity contribution in [2.75, 3.05) is 28.3 Å². The number of nitrogens with zero attached hydrogens (tertiary/aromatic N) is 1. The first-order chi connectivity index (χ1) is 16.0. The molecule has 0 aromatic heterocycles. The highest BCUT2D eigenvalue weighted by Gasteiger charge is 2.68. The molecule has 34 heavy (non-hydrogen) atoms. The molecule has 0 heterocycles. The van der Waals surface area contributed by atoms with Crippen molar-refractivity contribution in [1.29, 1.82) is 0 Å². The zero-order valence-electron chi connectivity index (χ0n) is 19.6. The van der Waals surface area contributed by atoms with Crippen molar-refractivity contribution in [3.05, 3.63) is 46.2 Å². The number of phenolic OH excluding ortho intramolecular Hbond substituents is 1. The maximum atomic E-state index is 14.2. The second-order valence-corrected chi connectivity index (χ2v) is 9.29.